The molecule has 0 radical (unpaired) electrons. The first-order valence-corrected chi connectivity index (χ1v) is 8.14. The lowest BCUT2D eigenvalue weighted by Crippen LogP contribution is -2.29. The summed E-state index contributed by atoms with van der Waals surface area (Å²) in [6, 6.07) is 12.1. The van der Waals surface area contributed by atoms with Gasteiger partial charge in [-0.05, 0) is 22.8 Å². The molecule has 0 aromatic heterocycles. The summed E-state index contributed by atoms with van der Waals surface area (Å²) >= 11 is 0. The van der Waals surface area contributed by atoms with E-state index in [0.717, 1.165) is 5.39 Å². The third-order valence-corrected chi connectivity index (χ3v) is 4.54. The molecule has 21 heavy (non-hydrogen) atoms. The van der Waals surface area contributed by atoms with E-state index in [-0.39, 0.29) is 10.8 Å². The molecule has 6 heteroatoms. The zero-order chi connectivity index (χ0) is 15.5. The molecule has 2 aromatic carbocycles. The number of sulfonamides is 1. The van der Waals surface area contributed by atoms with E-state index in [2.05, 4.69) is 4.84 Å². The molecule has 0 aliphatic carbocycles. The molecule has 0 heterocycles. The Morgan fingerprint density at radius 1 is 1.19 bits per heavy atom. The van der Waals surface area contributed by atoms with Crippen molar-refractivity contribution in [1.29, 1.82) is 0 Å². The zero-order valence-electron chi connectivity index (χ0n) is 11.9. The average molecular weight is 307 g/mol. The van der Waals surface area contributed by atoms with Crippen LogP contribution in [0.25, 0.3) is 10.8 Å². The topological polar surface area (TPSA) is 72.5 Å². The van der Waals surface area contributed by atoms with Gasteiger partial charge in [-0.3, -0.25) is 4.79 Å². The number of benzene rings is 2. The summed E-state index contributed by atoms with van der Waals surface area (Å²) in [5, 5.41) is 1.38. The van der Waals surface area contributed by atoms with Crippen molar-refractivity contribution in [2.45, 2.75) is 25.2 Å². The summed E-state index contributed by atoms with van der Waals surface area (Å²) in [5.41, 5.74) is 0. The molecule has 0 bridgehead atoms. The maximum Gasteiger partial charge on any atom is 0.328 e. The van der Waals surface area contributed by atoms with Crippen molar-refractivity contribution >= 4 is 26.8 Å². The Morgan fingerprint density at radius 2 is 1.86 bits per heavy atom. The van der Waals surface area contributed by atoms with Crippen molar-refractivity contribution in [3.63, 3.8) is 0 Å². The van der Waals surface area contributed by atoms with Crippen molar-refractivity contribution in [2.75, 3.05) is 0 Å². The number of rotatable bonds is 5. The third-order valence-electron chi connectivity index (χ3n) is 3.31. The van der Waals surface area contributed by atoms with Crippen LogP contribution in [0.5, 0.6) is 0 Å². The number of hydrogen-bond donors (Lipinski definition) is 1. The van der Waals surface area contributed by atoms with Gasteiger partial charge in [-0.25, -0.2) is 8.42 Å². The van der Waals surface area contributed by atoms with Crippen LogP contribution in [-0.4, -0.2) is 14.4 Å². The molecule has 0 saturated heterocycles. The van der Waals surface area contributed by atoms with Gasteiger partial charge in [0.25, 0.3) is 10.0 Å². The number of carbonyl (C=O) groups is 1. The van der Waals surface area contributed by atoms with Gasteiger partial charge < -0.3 is 4.84 Å². The Hall–Kier alpha value is -1.92. The smallest absolute Gasteiger partial charge is 0.328 e. The summed E-state index contributed by atoms with van der Waals surface area (Å²) < 4.78 is 24.5. The summed E-state index contributed by atoms with van der Waals surface area (Å²) in [4.78, 5) is 18.2. The SMILES string of the molecule is CCC(C)C(=O)ONS(=O)(=O)c1cccc2ccccc12. The zero-order valence-corrected chi connectivity index (χ0v) is 12.7. The largest absolute Gasteiger partial charge is 0.355 e. The molecular weight excluding hydrogens is 290 g/mol. The Balaban J connectivity index is 2.28. The van der Waals surface area contributed by atoms with Crippen LogP contribution in [0, 0.1) is 5.92 Å². The van der Waals surface area contributed by atoms with Crippen LogP contribution in [0.1, 0.15) is 20.3 Å². The molecule has 1 unspecified atom stereocenters. The Morgan fingerprint density at radius 3 is 2.57 bits per heavy atom. The van der Waals surface area contributed by atoms with Gasteiger partial charge >= 0.3 is 5.97 Å². The summed E-state index contributed by atoms with van der Waals surface area (Å²) in [5.74, 6) is -0.957. The second kappa shape index (κ2) is 6.24. The standard InChI is InChI=1S/C15H17NO4S/c1-3-11(2)15(17)20-16-21(18,19)14-10-6-8-12-7-4-5-9-13(12)14/h4-11,16H,3H2,1-2H3. The highest BCUT2D eigenvalue weighted by Gasteiger charge is 2.21. The van der Waals surface area contributed by atoms with Gasteiger partial charge in [-0.1, -0.05) is 50.2 Å². The first-order valence-electron chi connectivity index (χ1n) is 6.66. The highest BCUT2D eigenvalue weighted by atomic mass is 32.2. The number of carbonyl (C=O) groups excluding carboxylic acids is 1. The van der Waals surface area contributed by atoms with E-state index in [9.17, 15) is 13.2 Å². The van der Waals surface area contributed by atoms with Crippen LogP contribution < -0.4 is 4.89 Å². The molecule has 5 nitrogen and oxygen atoms in total. The fourth-order valence-electron chi connectivity index (χ4n) is 1.84. The van der Waals surface area contributed by atoms with Crippen molar-refractivity contribution in [3.8, 4) is 0 Å². The van der Waals surface area contributed by atoms with Crippen LogP contribution in [0.3, 0.4) is 0 Å². The van der Waals surface area contributed by atoms with E-state index < -0.39 is 16.0 Å². The first kappa shape index (κ1) is 15.5. The fraction of sp³-hybridized carbons (Fsp3) is 0.267. The van der Waals surface area contributed by atoms with E-state index >= 15 is 0 Å². The van der Waals surface area contributed by atoms with Gasteiger partial charge in [0.2, 0.25) is 0 Å². The van der Waals surface area contributed by atoms with E-state index in [1.807, 2.05) is 30.0 Å². The quantitative estimate of drug-likeness (QED) is 0.862. The summed E-state index contributed by atoms with van der Waals surface area (Å²) in [7, 11) is -3.92. The minimum atomic E-state index is -3.92. The van der Waals surface area contributed by atoms with Gasteiger partial charge in [0.05, 0.1) is 10.8 Å². The lowest BCUT2D eigenvalue weighted by atomic mass is 10.1. The predicted molar refractivity (Wildman–Crippen MR) is 79.8 cm³/mol. The molecule has 0 aliphatic rings. The Bertz CT molecular complexity index is 750. The number of fused-ring (bicyclic) bond motifs is 1. The Labute approximate surface area is 123 Å². The molecule has 112 valence electrons. The van der Waals surface area contributed by atoms with E-state index in [1.165, 1.54) is 6.07 Å². The van der Waals surface area contributed by atoms with Gasteiger partial charge in [0.15, 0.2) is 0 Å². The first-order chi connectivity index (χ1) is 9.95. The minimum absolute atomic E-state index is 0.0811. The Kier molecular flexibility index (Phi) is 4.59. The predicted octanol–water partition coefficient (Wildman–Crippen LogP) is 2.62. The highest BCUT2D eigenvalue weighted by Crippen LogP contribution is 2.22. The average Bonchev–Trinajstić information content (AvgIpc) is 2.51. The normalized spacial score (nSPS) is 13.0. The molecule has 0 aliphatic heterocycles. The van der Waals surface area contributed by atoms with Crippen LogP contribution in [0.4, 0.5) is 0 Å². The second-order valence-corrected chi connectivity index (χ2v) is 6.41. The van der Waals surface area contributed by atoms with E-state index in [0.29, 0.717) is 11.8 Å². The van der Waals surface area contributed by atoms with Gasteiger partial charge in [-0.15, -0.1) is 0 Å². The molecule has 0 saturated carbocycles. The molecule has 0 amide bonds. The number of nitrogens with one attached hydrogen (secondary N) is 1. The van der Waals surface area contributed by atoms with Gasteiger partial charge in [0.1, 0.15) is 0 Å². The van der Waals surface area contributed by atoms with E-state index in [4.69, 9.17) is 0 Å². The van der Waals surface area contributed by atoms with Crippen LogP contribution in [-0.2, 0) is 19.7 Å². The van der Waals surface area contributed by atoms with Crippen LogP contribution in [0.2, 0.25) is 0 Å². The summed E-state index contributed by atoms with van der Waals surface area (Å²) in [6.07, 6.45) is 0.578. The molecule has 2 rings (SSSR count). The lowest BCUT2D eigenvalue weighted by molar-refractivity contribution is -0.151. The molecule has 0 spiro atoms. The summed E-state index contributed by atoms with van der Waals surface area (Å²) in [6.45, 7) is 3.50. The van der Waals surface area contributed by atoms with Crippen LogP contribution in [0.15, 0.2) is 47.4 Å². The minimum Gasteiger partial charge on any atom is -0.355 e. The molecular formula is C15H17NO4S. The third kappa shape index (κ3) is 3.40. The fourth-order valence-corrected chi connectivity index (χ4v) is 2.85. The maximum absolute atomic E-state index is 12.3. The number of hydrogen-bond acceptors (Lipinski definition) is 4. The van der Waals surface area contributed by atoms with Crippen molar-refractivity contribution in [1.82, 2.24) is 4.89 Å². The molecule has 0 fully saturated rings. The molecule has 1 atom stereocenters. The highest BCUT2D eigenvalue weighted by molar-refractivity contribution is 7.89. The second-order valence-electron chi connectivity index (χ2n) is 4.79. The van der Waals surface area contributed by atoms with Crippen LogP contribution >= 0.6 is 0 Å². The maximum atomic E-state index is 12.3. The van der Waals surface area contributed by atoms with Crippen molar-refractivity contribution in [3.05, 3.63) is 42.5 Å². The molecule has 1 N–H and O–H groups in total. The van der Waals surface area contributed by atoms with E-state index in [1.54, 1.807) is 25.1 Å². The van der Waals surface area contributed by atoms with Gasteiger partial charge in [-0.2, -0.15) is 0 Å². The van der Waals surface area contributed by atoms with Crippen molar-refractivity contribution in [2.24, 2.45) is 5.92 Å². The van der Waals surface area contributed by atoms with Crippen molar-refractivity contribution < 1.29 is 18.0 Å². The monoisotopic (exact) mass is 307 g/mol. The molecule has 2 aromatic rings. The van der Waals surface area contributed by atoms with Gasteiger partial charge in [0, 0.05) is 5.39 Å². The lowest BCUT2D eigenvalue weighted by Gasteiger charge is -2.11.